The van der Waals surface area contributed by atoms with Crippen molar-refractivity contribution in [2.75, 3.05) is 10.8 Å². The number of benzene rings is 3. The minimum absolute atomic E-state index is 0.124. The van der Waals surface area contributed by atoms with Crippen LogP contribution >= 0.6 is 11.6 Å². The van der Waals surface area contributed by atoms with Crippen LogP contribution in [0.25, 0.3) is 0 Å². The van der Waals surface area contributed by atoms with E-state index in [1.54, 1.807) is 49.4 Å². The number of rotatable bonds is 8. The Labute approximate surface area is 201 Å². The number of sulfonamides is 1. The summed E-state index contributed by atoms with van der Waals surface area (Å²) in [5.74, 6) is -0.396. The van der Waals surface area contributed by atoms with E-state index in [-0.39, 0.29) is 17.5 Å². The van der Waals surface area contributed by atoms with Gasteiger partial charge in [0.2, 0.25) is 5.91 Å². The Morgan fingerprint density at radius 3 is 2.21 bits per heavy atom. The van der Waals surface area contributed by atoms with E-state index in [0.29, 0.717) is 16.3 Å². The Bertz CT molecular complexity index is 1220. The van der Waals surface area contributed by atoms with Gasteiger partial charge >= 0.3 is 0 Å². The van der Waals surface area contributed by atoms with Crippen molar-refractivity contribution < 1.29 is 13.2 Å². The largest absolute Gasteiger partial charge is 0.348 e. The summed E-state index contributed by atoms with van der Waals surface area (Å²) in [6, 6.07) is 19.3. The van der Waals surface area contributed by atoms with Crippen molar-refractivity contribution in [3.8, 4) is 0 Å². The average molecular weight is 485 g/mol. The molecule has 0 saturated carbocycles. The van der Waals surface area contributed by atoms with Crippen LogP contribution in [0.1, 0.15) is 42.1 Å². The van der Waals surface area contributed by atoms with Gasteiger partial charge in [0.15, 0.2) is 0 Å². The predicted molar refractivity (Wildman–Crippen MR) is 134 cm³/mol. The number of halogens is 1. The van der Waals surface area contributed by atoms with Crippen molar-refractivity contribution in [1.29, 1.82) is 0 Å². The number of aryl methyl sites for hydroxylation is 3. The normalized spacial score (nSPS) is 12.3. The highest BCUT2D eigenvalue weighted by atomic mass is 35.5. The summed E-state index contributed by atoms with van der Waals surface area (Å²) in [6.07, 6.45) is 0.938. The Balaban J connectivity index is 1.90. The van der Waals surface area contributed by atoms with Gasteiger partial charge in [0.1, 0.15) is 6.54 Å². The number of carbonyl (C=O) groups is 1. The molecule has 1 atom stereocenters. The molecule has 0 aliphatic rings. The van der Waals surface area contributed by atoms with Gasteiger partial charge in [0, 0.05) is 5.02 Å². The molecule has 174 valence electrons. The molecule has 0 spiro atoms. The molecule has 7 heteroatoms. The first kappa shape index (κ1) is 24.8. The zero-order chi connectivity index (χ0) is 24.2. The molecule has 3 rings (SSSR count). The molecule has 1 amide bonds. The molecule has 0 heterocycles. The number of hydrogen-bond acceptors (Lipinski definition) is 3. The summed E-state index contributed by atoms with van der Waals surface area (Å²) in [5.41, 5.74) is 4.19. The van der Waals surface area contributed by atoms with E-state index in [1.807, 2.05) is 38.1 Å². The zero-order valence-corrected chi connectivity index (χ0v) is 20.9. The average Bonchev–Trinajstić information content (AvgIpc) is 2.78. The van der Waals surface area contributed by atoms with Gasteiger partial charge in [0.05, 0.1) is 16.6 Å². The zero-order valence-electron chi connectivity index (χ0n) is 19.3. The van der Waals surface area contributed by atoms with Crippen LogP contribution in [0.2, 0.25) is 5.02 Å². The lowest BCUT2D eigenvalue weighted by molar-refractivity contribution is -0.120. The molecule has 0 aliphatic heterocycles. The molecule has 1 unspecified atom stereocenters. The van der Waals surface area contributed by atoms with E-state index in [0.717, 1.165) is 21.9 Å². The summed E-state index contributed by atoms with van der Waals surface area (Å²) in [5, 5.41) is 3.42. The first-order valence-corrected chi connectivity index (χ1v) is 12.7. The molecular formula is C26H29ClN2O3S. The van der Waals surface area contributed by atoms with Crippen LogP contribution in [0.4, 0.5) is 5.69 Å². The molecule has 3 aromatic carbocycles. The second-order valence-electron chi connectivity index (χ2n) is 8.14. The predicted octanol–water partition coefficient (Wildman–Crippen LogP) is 5.59. The van der Waals surface area contributed by atoms with Gasteiger partial charge in [-0.15, -0.1) is 0 Å². The topological polar surface area (TPSA) is 66.5 Å². The Morgan fingerprint density at radius 2 is 1.64 bits per heavy atom. The van der Waals surface area contributed by atoms with E-state index in [1.165, 1.54) is 5.56 Å². The van der Waals surface area contributed by atoms with Gasteiger partial charge in [-0.2, -0.15) is 0 Å². The van der Waals surface area contributed by atoms with Crippen LogP contribution in [0, 0.1) is 13.8 Å². The minimum Gasteiger partial charge on any atom is -0.348 e. The van der Waals surface area contributed by atoms with E-state index in [4.69, 9.17) is 11.6 Å². The fourth-order valence-corrected chi connectivity index (χ4v) is 5.29. The second kappa shape index (κ2) is 10.4. The fourth-order valence-electron chi connectivity index (χ4n) is 3.58. The third kappa shape index (κ3) is 5.95. The van der Waals surface area contributed by atoms with Crippen LogP contribution in [0.3, 0.4) is 0 Å². The van der Waals surface area contributed by atoms with Crippen molar-refractivity contribution in [3.63, 3.8) is 0 Å². The van der Waals surface area contributed by atoms with Crippen LogP contribution < -0.4 is 9.62 Å². The van der Waals surface area contributed by atoms with E-state index in [9.17, 15) is 13.2 Å². The fraction of sp³-hybridized carbons (Fsp3) is 0.269. The van der Waals surface area contributed by atoms with Gasteiger partial charge in [-0.1, -0.05) is 60.5 Å². The standard InChI is InChI=1S/C26H29ClN2O3S/c1-5-21-8-10-22(11-9-21)20(4)28-26(30)17-29(25-15-12-23(27)16-19(25)3)33(31,32)24-13-6-18(2)7-14-24/h6-16,20H,5,17H2,1-4H3,(H,28,30). The van der Waals surface area contributed by atoms with Crippen molar-refractivity contribution in [1.82, 2.24) is 5.32 Å². The number of carbonyl (C=O) groups excluding carboxylic acids is 1. The van der Waals surface area contributed by atoms with Crippen molar-refractivity contribution in [2.24, 2.45) is 0 Å². The van der Waals surface area contributed by atoms with Crippen LogP contribution in [0.15, 0.2) is 71.6 Å². The van der Waals surface area contributed by atoms with E-state index in [2.05, 4.69) is 12.2 Å². The molecule has 3 aromatic rings. The number of amides is 1. The highest BCUT2D eigenvalue weighted by Crippen LogP contribution is 2.29. The van der Waals surface area contributed by atoms with E-state index < -0.39 is 15.9 Å². The van der Waals surface area contributed by atoms with Gasteiger partial charge < -0.3 is 5.32 Å². The molecule has 5 nitrogen and oxygen atoms in total. The number of nitrogens with one attached hydrogen (secondary N) is 1. The molecular weight excluding hydrogens is 456 g/mol. The molecule has 0 aromatic heterocycles. The molecule has 0 aliphatic carbocycles. The number of nitrogens with zero attached hydrogens (tertiary/aromatic N) is 1. The summed E-state index contributed by atoms with van der Waals surface area (Å²) in [7, 11) is -3.98. The Morgan fingerprint density at radius 1 is 1.00 bits per heavy atom. The quantitative estimate of drug-likeness (QED) is 0.453. The maximum Gasteiger partial charge on any atom is 0.264 e. The van der Waals surface area contributed by atoms with Gasteiger partial charge in [-0.25, -0.2) is 8.42 Å². The summed E-state index contributed by atoms with van der Waals surface area (Å²) >= 11 is 6.09. The maximum absolute atomic E-state index is 13.6. The molecule has 0 radical (unpaired) electrons. The SMILES string of the molecule is CCc1ccc(C(C)NC(=O)CN(c2ccc(Cl)cc2C)S(=O)(=O)c2ccc(C)cc2)cc1. The summed E-state index contributed by atoms with van der Waals surface area (Å²) < 4.78 is 28.3. The Kier molecular flexibility index (Phi) is 7.82. The molecule has 0 saturated heterocycles. The van der Waals surface area contributed by atoms with Gasteiger partial charge in [-0.05, 0) is 74.2 Å². The lowest BCUT2D eigenvalue weighted by Gasteiger charge is -2.26. The number of hydrogen-bond donors (Lipinski definition) is 1. The van der Waals surface area contributed by atoms with Gasteiger partial charge in [-0.3, -0.25) is 9.10 Å². The van der Waals surface area contributed by atoms with Gasteiger partial charge in [0.25, 0.3) is 10.0 Å². The maximum atomic E-state index is 13.6. The highest BCUT2D eigenvalue weighted by molar-refractivity contribution is 7.92. The number of anilines is 1. The van der Waals surface area contributed by atoms with E-state index >= 15 is 0 Å². The third-order valence-electron chi connectivity index (χ3n) is 5.59. The van der Waals surface area contributed by atoms with Crippen molar-refractivity contribution in [3.05, 3.63) is 94.0 Å². The van der Waals surface area contributed by atoms with Crippen LogP contribution in [-0.4, -0.2) is 20.9 Å². The summed E-state index contributed by atoms with van der Waals surface area (Å²) in [6.45, 7) is 7.28. The minimum atomic E-state index is -3.98. The lowest BCUT2D eigenvalue weighted by Crippen LogP contribution is -2.41. The lowest BCUT2D eigenvalue weighted by atomic mass is 10.1. The molecule has 0 bridgehead atoms. The summed E-state index contributed by atoms with van der Waals surface area (Å²) in [4.78, 5) is 13.1. The molecule has 33 heavy (non-hydrogen) atoms. The molecule has 0 fully saturated rings. The third-order valence-corrected chi connectivity index (χ3v) is 7.60. The Hall–Kier alpha value is -2.83. The molecule has 1 N–H and O–H groups in total. The van der Waals surface area contributed by atoms with Crippen molar-refractivity contribution >= 4 is 33.2 Å². The highest BCUT2D eigenvalue weighted by Gasteiger charge is 2.28. The smallest absolute Gasteiger partial charge is 0.264 e. The van der Waals surface area contributed by atoms with Crippen LogP contribution in [0.5, 0.6) is 0 Å². The second-order valence-corrected chi connectivity index (χ2v) is 10.4. The van der Waals surface area contributed by atoms with Crippen molar-refractivity contribution in [2.45, 2.75) is 45.1 Å². The first-order chi connectivity index (χ1) is 15.6. The van der Waals surface area contributed by atoms with Crippen LogP contribution in [-0.2, 0) is 21.2 Å². The first-order valence-electron chi connectivity index (χ1n) is 10.9. The monoisotopic (exact) mass is 484 g/mol.